The molecule has 1 N–H and O–H groups in total. The van der Waals surface area contributed by atoms with Crippen molar-refractivity contribution in [1.29, 1.82) is 5.26 Å². The number of hydrogen-bond acceptors (Lipinski definition) is 2. The standard InChI is InChI=1S/C13H9N.C9H16O2/c14-10-11-6-8-13(9-7-11)12-4-2-1-3-5-12;1-2-7-3-5-8(6-4-7)9(10)11/h1-9H;7-8H,2-6H2,1H3,(H,10,11)/t;7-,8-. The molecule has 1 fully saturated rings. The minimum absolute atomic E-state index is 0.0437. The van der Waals surface area contributed by atoms with Crippen molar-refractivity contribution in [3.8, 4) is 17.2 Å². The summed E-state index contributed by atoms with van der Waals surface area (Å²) in [6.07, 6.45) is 5.24. The molecule has 0 spiro atoms. The maximum absolute atomic E-state index is 10.5. The predicted molar refractivity (Wildman–Crippen MR) is 100.0 cm³/mol. The number of benzene rings is 2. The van der Waals surface area contributed by atoms with Crippen LogP contribution in [0.15, 0.2) is 54.6 Å². The molecule has 0 radical (unpaired) electrons. The summed E-state index contributed by atoms with van der Waals surface area (Å²) in [5, 5.41) is 17.3. The SMILES string of the molecule is CC[C@H]1CC[C@H](C(=O)O)CC1.N#Cc1ccc(-c2ccccc2)cc1. The molecular weight excluding hydrogens is 310 g/mol. The summed E-state index contributed by atoms with van der Waals surface area (Å²) in [6, 6.07) is 19.8. The molecule has 25 heavy (non-hydrogen) atoms. The molecule has 0 amide bonds. The molecule has 0 unspecified atom stereocenters. The quantitative estimate of drug-likeness (QED) is 0.804. The van der Waals surface area contributed by atoms with Gasteiger partial charge in [0.05, 0.1) is 17.6 Å². The Morgan fingerprint density at radius 2 is 1.56 bits per heavy atom. The first-order chi connectivity index (χ1) is 12.1. The van der Waals surface area contributed by atoms with Gasteiger partial charge in [0.2, 0.25) is 0 Å². The summed E-state index contributed by atoms with van der Waals surface area (Å²) >= 11 is 0. The normalized spacial score (nSPS) is 19.2. The molecule has 2 aromatic rings. The number of carboxylic acid groups (broad SMARTS) is 1. The molecule has 130 valence electrons. The van der Waals surface area contributed by atoms with E-state index in [1.165, 1.54) is 12.0 Å². The van der Waals surface area contributed by atoms with Gasteiger partial charge in [-0.2, -0.15) is 5.26 Å². The van der Waals surface area contributed by atoms with E-state index < -0.39 is 5.97 Å². The van der Waals surface area contributed by atoms with E-state index in [1.54, 1.807) is 0 Å². The Balaban J connectivity index is 0.000000186. The number of hydrogen-bond donors (Lipinski definition) is 1. The molecule has 2 aromatic carbocycles. The lowest BCUT2D eigenvalue weighted by Crippen LogP contribution is -2.20. The van der Waals surface area contributed by atoms with Gasteiger partial charge in [-0.15, -0.1) is 0 Å². The van der Waals surface area contributed by atoms with E-state index in [2.05, 4.69) is 25.1 Å². The lowest BCUT2D eigenvalue weighted by atomic mass is 9.81. The monoisotopic (exact) mass is 335 g/mol. The first-order valence-corrected chi connectivity index (χ1v) is 8.92. The van der Waals surface area contributed by atoms with Gasteiger partial charge in [-0.25, -0.2) is 0 Å². The van der Waals surface area contributed by atoms with Gasteiger partial charge in [0.15, 0.2) is 0 Å². The zero-order valence-electron chi connectivity index (χ0n) is 14.7. The fourth-order valence-corrected chi connectivity index (χ4v) is 3.19. The van der Waals surface area contributed by atoms with Crippen molar-refractivity contribution in [1.82, 2.24) is 0 Å². The molecule has 0 aromatic heterocycles. The number of carboxylic acids is 1. The summed E-state index contributed by atoms with van der Waals surface area (Å²) < 4.78 is 0. The van der Waals surface area contributed by atoms with Crippen molar-refractivity contribution in [2.24, 2.45) is 11.8 Å². The van der Waals surface area contributed by atoms with Gasteiger partial charge < -0.3 is 5.11 Å². The Labute approximate surface area is 149 Å². The van der Waals surface area contributed by atoms with Crippen LogP contribution in [0.25, 0.3) is 11.1 Å². The molecular formula is C22H25NO2. The molecule has 0 atom stereocenters. The highest BCUT2D eigenvalue weighted by molar-refractivity contribution is 5.70. The van der Waals surface area contributed by atoms with E-state index in [0.29, 0.717) is 5.56 Å². The summed E-state index contributed by atoms with van der Waals surface area (Å²) in [4.78, 5) is 10.5. The largest absolute Gasteiger partial charge is 0.481 e. The van der Waals surface area contributed by atoms with E-state index in [1.807, 2.05) is 42.5 Å². The minimum atomic E-state index is -0.598. The molecule has 1 aliphatic carbocycles. The molecule has 0 saturated heterocycles. The second-order valence-electron chi connectivity index (χ2n) is 6.52. The van der Waals surface area contributed by atoms with E-state index in [0.717, 1.165) is 37.2 Å². The lowest BCUT2D eigenvalue weighted by Gasteiger charge is -2.24. The number of nitriles is 1. The molecule has 0 aliphatic heterocycles. The van der Waals surface area contributed by atoms with Crippen LogP contribution in [-0.4, -0.2) is 11.1 Å². The van der Waals surface area contributed by atoms with E-state index >= 15 is 0 Å². The zero-order chi connectivity index (χ0) is 18.1. The fraction of sp³-hybridized carbons (Fsp3) is 0.364. The zero-order valence-corrected chi connectivity index (χ0v) is 14.7. The highest BCUT2D eigenvalue weighted by atomic mass is 16.4. The first kappa shape index (κ1) is 18.7. The van der Waals surface area contributed by atoms with Crippen LogP contribution < -0.4 is 0 Å². The van der Waals surface area contributed by atoms with Gasteiger partial charge in [-0.1, -0.05) is 55.8 Å². The van der Waals surface area contributed by atoms with Crippen molar-refractivity contribution in [2.45, 2.75) is 39.0 Å². The van der Waals surface area contributed by atoms with Crippen LogP contribution in [-0.2, 0) is 4.79 Å². The molecule has 3 rings (SSSR count). The Hall–Kier alpha value is -2.60. The van der Waals surface area contributed by atoms with Crippen LogP contribution in [0.1, 0.15) is 44.6 Å². The van der Waals surface area contributed by atoms with Gasteiger partial charge >= 0.3 is 5.97 Å². The predicted octanol–water partition coefficient (Wildman–Crippen LogP) is 5.51. The third kappa shape index (κ3) is 5.76. The highest BCUT2D eigenvalue weighted by Crippen LogP contribution is 2.30. The third-order valence-electron chi connectivity index (χ3n) is 4.89. The van der Waals surface area contributed by atoms with E-state index in [4.69, 9.17) is 10.4 Å². The second-order valence-corrected chi connectivity index (χ2v) is 6.52. The summed E-state index contributed by atoms with van der Waals surface area (Å²) in [5.74, 6) is 0.156. The van der Waals surface area contributed by atoms with Crippen molar-refractivity contribution in [2.75, 3.05) is 0 Å². The number of aliphatic carboxylic acids is 1. The average molecular weight is 335 g/mol. The molecule has 0 bridgehead atoms. The highest BCUT2D eigenvalue weighted by Gasteiger charge is 2.24. The van der Waals surface area contributed by atoms with Crippen molar-refractivity contribution >= 4 is 5.97 Å². The van der Waals surface area contributed by atoms with Crippen LogP contribution >= 0.6 is 0 Å². The summed E-state index contributed by atoms with van der Waals surface area (Å²) in [6.45, 7) is 2.19. The van der Waals surface area contributed by atoms with Gasteiger partial charge in [-0.3, -0.25) is 4.79 Å². The Kier molecular flexibility index (Phi) is 7.22. The van der Waals surface area contributed by atoms with Gasteiger partial charge in [-0.05, 0) is 54.9 Å². The summed E-state index contributed by atoms with van der Waals surface area (Å²) in [7, 11) is 0. The van der Waals surface area contributed by atoms with Crippen LogP contribution in [0.4, 0.5) is 0 Å². The topological polar surface area (TPSA) is 61.1 Å². The maximum Gasteiger partial charge on any atom is 0.306 e. The number of rotatable bonds is 3. The van der Waals surface area contributed by atoms with Crippen LogP contribution in [0, 0.1) is 23.2 Å². The Morgan fingerprint density at radius 3 is 2.04 bits per heavy atom. The smallest absolute Gasteiger partial charge is 0.306 e. The number of nitrogens with zero attached hydrogens (tertiary/aromatic N) is 1. The van der Waals surface area contributed by atoms with Crippen molar-refractivity contribution in [3.63, 3.8) is 0 Å². The van der Waals surface area contributed by atoms with Gasteiger partial charge in [0.25, 0.3) is 0 Å². The lowest BCUT2D eigenvalue weighted by molar-refractivity contribution is -0.143. The second kappa shape index (κ2) is 9.64. The molecule has 0 heterocycles. The van der Waals surface area contributed by atoms with Gasteiger partial charge in [0, 0.05) is 0 Å². The third-order valence-corrected chi connectivity index (χ3v) is 4.89. The molecule has 1 aliphatic rings. The maximum atomic E-state index is 10.5. The minimum Gasteiger partial charge on any atom is -0.481 e. The summed E-state index contributed by atoms with van der Waals surface area (Å²) in [5.41, 5.74) is 3.02. The van der Waals surface area contributed by atoms with Gasteiger partial charge in [0.1, 0.15) is 0 Å². The Morgan fingerprint density at radius 1 is 1.00 bits per heavy atom. The van der Waals surface area contributed by atoms with Crippen molar-refractivity contribution in [3.05, 3.63) is 60.2 Å². The molecule has 3 heteroatoms. The van der Waals surface area contributed by atoms with Crippen LogP contribution in [0.3, 0.4) is 0 Å². The van der Waals surface area contributed by atoms with E-state index in [9.17, 15) is 4.79 Å². The van der Waals surface area contributed by atoms with Crippen LogP contribution in [0.5, 0.6) is 0 Å². The van der Waals surface area contributed by atoms with Crippen molar-refractivity contribution < 1.29 is 9.90 Å². The molecule has 3 nitrogen and oxygen atoms in total. The van der Waals surface area contributed by atoms with E-state index in [-0.39, 0.29) is 5.92 Å². The van der Waals surface area contributed by atoms with Crippen LogP contribution in [0.2, 0.25) is 0 Å². The first-order valence-electron chi connectivity index (χ1n) is 8.92. The average Bonchev–Trinajstić information content (AvgIpc) is 2.69. The molecule has 1 saturated carbocycles. The fourth-order valence-electron chi connectivity index (χ4n) is 3.19. The number of carbonyl (C=O) groups is 1. The Bertz CT molecular complexity index is 693.